The molecule has 3 aromatic rings. The molecule has 0 aromatic heterocycles. The minimum absolute atomic E-state index is 0. The molecule has 3 atom stereocenters. The number of phenolic OH excluding ortho intramolecular Hbond substituents is 3. The number of amides is 5. The number of urea groups is 2. The van der Waals surface area contributed by atoms with Gasteiger partial charge in [-0.1, -0.05) is 36.4 Å². The molecule has 1 heterocycles. The minimum atomic E-state index is -1.16. The molecular formula is C29H35N5O10. The largest absolute Gasteiger partial charge is 0.508 e. The number of rotatable bonds is 9. The van der Waals surface area contributed by atoms with E-state index in [1.54, 1.807) is 48.5 Å². The molecule has 236 valence electrons. The average Bonchev–Trinajstić information content (AvgIpc) is 3.28. The molecule has 1 fully saturated rings. The Labute approximate surface area is 252 Å². The summed E-state index contributed by atoms with van der Waals surface area (Å²) >= 11 is 0. The molecule has 0 aliphatic carbocycles. The molecule has 0 saturated carbocycles. The van der Waals surface area contributed by atoms with Gasteiger partial charge in [0.2, 0.25) is 0 Å². The van der Waals surface area contributed by atoms with E-state index in [0.717, 1.165) is 11.1 Å². The van der Waals surface area contributed by atoms with Crippen molar-refractivity contribution in [3.8, 4) is 17.2 Å². The fourth-order valence-corrected chi connectivity index (χ4v) is 3.68. The quantitative estimate of drug-likeness (QED) is 0.151. The second kappa shape index (κ2) is 16.6. The summed E-state index contributed by atoms with van der Waals surface area (Å²) in [5, 5.41) is 51.2. The Bertz CT molecular complexity index is 1440. The lowest BCUT2D eigenvalue weighted by molar-refractivity contribution is -0.139. The number of carbonyl (C=O) groups excluding carboxylic acids is 3. The van der Waals surface area contributed by atoms with Crippen molar-refractivity contribution < 1.29 is 50.9 Å². The van der Waals surface area contributed by atoms with Crippen LogP contribution in [0, 0.1) is 0 Å². The number of imide groups is 1. The van der Waals surface area contributed by atoms with Crippen molar-refractivity contribution in [2.75, 3.05) is 0 Å². The summed E-state index contributed by atoms with van der Waals surface area (Å²) in [6.45, 7) is 0. The lowest BCUT2D eigenvalue weighted by Crippen LogP contribution is -2.44. The van der Waals surface area contributed by atoms with Crippen molar-refractivity contribution >= 4 is 29.9 Å². The van der Waals surface area contributed by atoms with Crippen LogP contribution >= 0.6 is 0 Å². The summed E-state index contributed by atoms with van der Waals surface area (Å²) in [6.07, 6.45) is 0.812. The van der Waals surface area contributed by atoms with Crippen LogP contribution in [0.4, 0.5) is 9.59 Å². The van der Waals surface area contributed by atoms with E-state index in [-0.39, 0.29) is 37.4 Å². The summed E-state index contributed by atoms with van der Waals surface area (Å²) in [5.41, 5.74) is 12.5. The number of primary amides is 1. The number of aliphatic carboxylic acids is 2. The van der Waals surface area contributed by atoms with E-state index < -0.39 is 42.1 Å². The highest BCUT2D eigenvalue weighted by Crippen LogP contribution is 2.13. The number of hydrogen-bond donors (Lipinski definition) is 10. The van der Waals surface area contributed by atoms with Gasteiger partial charge in [0.15, 0.2) is 0 Å². The van der Waals surface area contributed by atoms with Crippen LogP contribution in [-0.2, 0) is 33.6 Å². The molecule has 44 heavy (non-hydrogen) atoms. The predicted octanol–water partition coefficient (Wildman–Crippen LogP) is 0.792. The third-order valence-electron chi connectivity index (χ3n) is 5.93. The Morgan fingerprint density at radius 2 is 1.18 bits per heavy atom. The van der Waals surface area contributed by atoms with Crippen LogP contribution in [0.5, 0.6) is 17.2 Å². The van der Waals surface area contributed by atoms with Crippen LogP contribution in [0.1, 0.15) is 18.1 Å². The topological polar surface area (TPSA) is 275 Å². The molecule has 4 rings (SSSR count). The molecule has 15 heteroatoms. The molecular weight excluding hydrogens is 578 g/mol. The van der Waals surface area contributed by atoms with Crippen molar-refractivity contribution in [1.29, 1.82) is 0 Å². The Balaban J connectivity index is 0.000000336. The van der Waals surface area contributed by atoms with Crippen molar-refractivity contribution in [2.24, 2.45) is 11.5 Å². The number of aromatic hydroxyl groups is 3. The Kier molecular flexibility index (Phi) is 12.9. The van der Waals surface area contributed by atoms with Crippen molar-refractivity contribution in [3.63, 3.8) is 0 Å². The summed E-state index contributed by atoms with van der Waals surface area (Å²) < 4.78 is 0. The van der Waals surface area contributed by atoms with Crippen LogP contribution < -0.4 is 27.4 Å². The first kappa shape index (κ1) is 34.4. The van der Waals surface area contributed by atoms with Crippen LogP contribution in [0.3, 0.4) is 0 Å². The van der Waals surface area contributed by atoms with Gasteiger partial charge in [-0.15, -0.1) is 0 Å². The van der Waals surface area contributed by atoms with E-state index in [2.05, 4.69) is 16.0 Å². The number of nitrogens with one attached hydrogen (secondary N) is 3. The molecule has 1 saturated heterocycles. The molecule has 15 nitrogen and oxygen atoms in total. The maximum atomic E-state index is 11.2. The molecule has 1 aliphatic heterocycles. The zero-order chi connectivity index (χ0) is 32.8. The third kappa shape index (κ3) is 12.4. The van der Waals surface area contributed by atoms with Gasteiger partial charge < -0.3 is 47.6 Å². The van der Waals surface area contributed by atoms with Gasteiger partial charge in [-0.05, 0) is 59.5 Å². The van der Waals surface area contributed by atoms with Gasteiger partial charge in [0.1, 0.15) is 35.4 Å². The van der Waals surface area contributed by atoms with Gasteiger partial charge in [-0.25, -0.2) is 14.4 Å². The van der Waals surface area contributed by atoms with Gasteiger partial charge in [0.05, 0.1) is 0 Å². The Morgan fingerprint density at radius 1 is 0.750 bits per heavy atom. The van der Waals surface area contributed by atoms with Crippen LogP contribution in [0.2, 0.25) is 0 Å². The highest BCUT2D eigenvalue weighted by Gasteiger charge is 2.29. The first-order chi connectivity index (χ1) is 20.7. The maximum absolute atomic E-state index is 11.2. The van der Waals surface area contributed by atoms with Gasteiger partial charge >= 0.3 is 24.0 Å². The van der Waals surface area contributed by atoms with E-state index >= 15 is 0 Å². The summed E-state index contributed by atoms with van der Waals surface area (Å²) in [7, 11) is 0. The van der Waals surface area contributed by atoms with Crippen LogP contribution in [-0.4, -0.2) is 73.6 Å². The summed E-state index contributed by atoms with van der Waals surface area (Å²) in [4.78, 5) is 53.8. The van der Waals surface area contributed by atoms with Crippen LogP contribution in [0.15, 0.2) is 72.8 Å². The van der Waals surface area contributed by atoms with Crippen LogP contribution in [0.25, 0.3) is 0 Å². The lowest BCUT2D eigenvalue weighted by Gasteiger charge is -2.12. The van der Waals surface area contributed by atoms with Crippen molar-refractivity contribution in [2.45, 2.75) is 37.4 Å². The number of carboxylic acid groups (broad SMARTS) is 2. The standard InChI is InChI=1S/C10H12N2O4.C10H10N2O3.C9H11NO3.H2/c11-10(16)12-8(9(14)15)5-6-1-3-7(13)4-2-6;13-7-3-1-6(2-4-7)5-8-9(14)12-10(15)11-8;10-8(9(12)13)5-6-1-3-7(11)4-2-6;/h1-4,8,13H,5H2,(H,14,15)(H3,11,12,16);1-4,8,13H,5H2,(H2,11,12,14,15);1-4,8,11H,5,10H2,(H,12,13);1H/t;;8-;/m..0./s1. The molecule has 0 bridgehead atoms. The normalized spacial score (nSPS) is 14.7. The van der Waals surface area contributed by atoms with Gasteiger partial charge in [0, 0.05) is 14.3 Å². The Morgan fingerprint density at radius 3 is 1.55 bits per heavy atom. The third-order valence-corrected chi connectivity index (χ3v) is 5.93. The number of hydrogen-bond acceptors (Lipinski definition) is 9. The smallest absolute Gasteiger partial charge is 0.326 e. The number of benzene rings is 3. The van der Waals surface area contributed by atoms with E-state index in [1.165, 1.54) is 24.3 Å². The fraction of sp³-hybridized carbons (Fsp3) is 0.207. The minimum Gasteiger partial charge on any atom is -0.508 e. The number of nitrogens with two attached hydrogens (primary N) is 2. The fourth-order valence-electron chi connectivity index (χ4n) is 3.68. The number of phenols is 3. The first-order valence-corrected chi connectivity index (χ1v) is 13.0. The lowest BCUT2D eigenvalue weighted by atomic mass is 10.1. The second-order valence-corrected chi connectivity index (χ2v) is 9.47. The highest BCUT2D eigenvalue weighted by molar-refractivity contribution is 6.04. The molecule has 12 N–H and O–H groups in total. The van der Waals surface area contributed by atoms with E-state index in [1.807, 2.05) is 0 Å². The monoisotopic (exact) mass is 613 g/mol. The Hall–Kier alpha value is -5.83. The predicted molar refractivity (Wildman–Crippen MR) is 158 cm³/mol. The summed E-state index contributed by atoms with van der Waals surface area (Å²) in [6, 6.07) is 15.1. The van der Waals surface area contributed by atoms with E-state index in [4.69, 9.17) is 37.0 Å². The molecule has 3 aromatic carbocycles. The van der Waals surface area contributed by atoms with Gasteiger partial charge in [0.25, 0.3) is 5.91 Å². The van der Waals surface area contributed by atoms with Gasteiger partial charge in [-0.2, -0.15) is 0 Å². The second-order valence-electron chi connectivity index (χ2n) is 9.47. The number of carboxylic acids is 2. The number of carbonyl (C=O) groups is 5. The molecule has 0 radical (unpaired) electrons. The zero-order valence-electron chi connectivity index (χ0n) is 23.2. The SMILES string of the molecule is NC(=O)NC(Cc1ccc(O)cc1)C(=O)O.N[C@@H](Cc1ccc(O)cc1)C(=O)O.O=C1NC(=O)C(Cc2ccc(O)cc2)N1.[HH]. The van der Waals surface area contributed by atoms with Crippen molar-refractivity contribution in [1.82, 2.24) is 16.0 Å². The first-order valence-electron chi connectivity index (χ1n) is 13.0. The van der Waals surface area contributed by atoms with Gasteiger partial charge in [-0.3, -0.25) is 14.9 Å². The average molecular weight is 614 g/mol. The van der Waals surface area contributed by atoms with E-state index in [0.29, 0.717) is 12.0 Å². The maximum Gasteiger partial charge on any atom is 0.326 e. The molecule has 5 amide bonds. The highest BCUT2D eigenvalue weighted by atomic mass is 16.4. The molecule has 0 spiro atoms. The summed E-state index contributed by atoms with van der Waals surface area (Å²) in [5.74, 6) is -2.06. The molecule has 1 aliphatic rings. The zero-order valence-corrected chi connectivity index (χ0v) is 23.2. The van der Waals surface area contributed by atoms with E-state index in [9.17, 15) is 24.0 Å². The molecule has 2 unspecified atom stereocenters. The van der Waals surface area contributed by atoms with Crippen molar-refractivity contribution in [3.05, 3.63) is 89.5 Å².